The zero-order chi connectivity index (χ0) is 14.8. The van der Waals surface area contributed by atoms with Crippen molar-refractivity contribution in [3.8, 4) is 6.07 Å². The average Bonchev–Trinajstić information content (AvgIpc) is 2.89. The summed E-state index contributed by atoms with van der Waals surface area (Å²) in [6, 6.07) is 7.85. The van der Waals surface area contributed by atoms with Crippen molar-refractivity contribution in [1.29, 1.82) is 5.26 Å². The number of aromatic nitrogens is 1. The van der Waals surface area contributed by atoms with E-state index < -0.39 is 25.9 Å². The van der Waals surface area contributed by atoms with Gasteiger partial charge in [0.15, 0.2) is 9.90 Å². The third-order valence-corrected chi connectivity index (χ3v) is 5.01. The smallest absolute Gasteiger partial charge is 0.356 e. The van der Waals surface area contributed by atoms with Gasteiger partial charge in [-0.2, -0.15) is 5.26 Å². The van der Waals surface area contributed by atoms with Crippen molar-refractivity contribution < 1.29 is 18.3 Å². The number of aromatic carboxylic acids is 1. The van der Waals surface area contributed by atoms with Gasteiger partial charge >= 0.3 is 5.97 Å². The summed E-state index contributed by atoms with van der Waals surface area (Å²) in [7, 11) is -4.10. The molecular formula is C11H7N3O4S2. The van der Waals surface area contributed by atoms with Crippen LogP contribution in [-0.2, 0) is 10.0 Å². The summed E-state index contributed by atoms with van der Waals surface area (Å²) in [6.07, 6.45) is 0. The molecule has 0 aliphatic carbocycles. The molecule has 0 amide bonds. The van der Waals surface area contributed by atoms with E-state index in [9.17, 15) is 13.2 Å². The standard InChI is InChI=1S/C11H7N3O4S2/c12-5-7-3-1-2-4-8(7)14-20(17,18)11-9(10(15)16)13-6-19-11/h1-4,6,14H,(H,15,16). The lowest BCUT2D eigenvalue weighted by atomic mass is 10.2. The number of thiazole rings is 1. The van der Waals surface area contributed by atoms with Gasteiger partial charge in [-0.15, -0.1) is 11.3 Å². The van der Waals surface area contributed by atoms with Gasteiger partial charge < -0.3 is 5.11 Å². The SMILES string of the molecule is N#Cc1ccccc1NS(=O)(=O)c1scnc1C(=O)O. The molecule has 0 aliphatic heterocycles. The van der Waals surface area contributed by atoms with Crippen LogP contribution in [0.1, 0.15) is 16.1 Å². The molecule has 0 radical (unpaired) electrons. The fourth-order valence-corrected chi connectivity index (χ4v) is 3.65. The Labute approximate surface area is 118 Å². The maximum absolute atomic E-state index is 12.1. The number of para-hydroxylation sites is 1. The quantitative estimate of drug-likeness (QED) is 0.883. The number of carbonyl (C=O) groups is 1. The van der Waals surface area contributed by atoms with Crippen LogP contribution in [0.3, 0.4) is 0 Å². The number of nitrogens with one attached hydrogen (secondary N) is 1. The van der Waals surface area contributed by atoms with Crippen LogP contribution in [0.4, 0.5) is 5.69 Å². The number of carboxylic acids is 1. The number of benzene rings is 1. The Morgan fingerprint density at radius 1 is 1.40 bits per heavy atom. The lowest BCUT2D eigenvalue weighted by Gasteiger charge is -2.07. The number of anilines is 1. The van der Waals surface area contributed by atoms with E-state index in [1.807, 2.05) is 6.07 Å². The van der Waals surface area contributed by atoms with Gasteiger partial charge in [-0.3, -0.25) is 4.72 Å². The van der Waals surface area contributed by atoms with E-state index >= 15 is 0 Å². The zero-order valence-electron chi connectivity index (χ0n) is 9.77. The van der Waals surface area contributed by atoms with Gasteiger partial charge in [0, 0.05) is 0 Å². The van der Waals surface area contributed by atoms with E-state index in [0.29, 0.717) is 11.3 Å². The molecule has 20 heavy (non-hydrogen) atoms. The second-order valence-corrected chi connectivity index (χ2v) is 6.29. The molecule has 0 fully saturated rings. The van der Waals surface area contributed by atoms with E-state index in [0.717, 1.165) is 5.51 Å². The molecule has 0 saturated carbocycles. The van der Waals surface area contributed by atoms with Crippen molar-refractivity contribution in [3.63, 3.8) is 0 Å². The average molecular weight is 309 g/mol. The van der Waals surface area contributed by atoms with Crippen molar-refractivity contribution in [2.75, 3.05) is 4.72 Å². The van der Waals surface area contributed by atoms with Crippen LogP contribution in [0.5, 0.6) is 0 Å². The molecule has 1 aromatic heterocycles. The van der Waals surface area contributed by atoms with Crippen LogP contribution < -0.4 is 4.72 Å². The zero-order valence-corrected chi connectivity index (χ0v) is 11.4. The predicted molar refractivity (Wildman–Crippen MR) is 71.0 cm³/mol. The van der Waals surface area contributed by atoms with E-state index in [1.165, 1.54) is 12.1 Å². The Morgan fingerprint density at radius 3 is 2.75 bits per heavy atom. The van der Waals surface area contributed by atoms with Crippen molar-refractivity contribution in [2.24, 2.45) is 0 Å². The summed E-state index contributed by atoms with van der Waals surface area (Å²) in [5.74, 6) is -1.43. The van der Waals surface area contributed by atoms with Crippen LogP contribution in [0.2, 0.25) is 0 Å². The molecule has 1 aromatic carbocycles. The second-order valence-electron chi connectivity index (χ2n) is 3.56. The summed E-state index contributed by atoms with van der Waals surface area (Å²) in [5, 5.41) is 17.8. The van der Waals surface area contributed by atoms with Crippen LogP contribution in [-0.4, -0.2) is 24.5 Å². The van der Waals surface area contributed by atoms with Gasteiger partial charge in [-0.25, -0.2) is 18.2 Å². The summed E-state index contributed by atoms with van der Waals surface area (Å²) in [4.78, 5) is 14.4. The van der Waals surface area contributed by atoms with Crippen LogP contribution in [0.25, 0.3) is 0 Å². The molecule has 7 nitrogen and oxygen atoms in total. The monoisotopic (exact) mass is 309 g/mol. The Morgan fingerprint density at radius 2 is 2.10 bits per heavy atom. The molecule has 0 spiro atoms. The molecule has 9 heteroatoms. The highest BCUT2D eigenvalue weighted by atomic mass is 32.2. The fourth-order valence-electron chi connectivity index (χ4n) is 1.43. The molecule has 1 heterocycles. The summed E-state index contributed by atoms with van der Waals surface area (Å²) in [5.41, 5.74) is 0.808. The number of hydrogen-bond donors (Lipinski definition) is 2. The van der Waals surface area contributed by atoms with Crippen LogP contribution in [0.15, 0.2) is 34.0 Å². The van der Waals surface area contributed by atoms with E-state index in [-0.39, 0.29) is 11.3 Å². The Bertz CT molecular complexity index is 805. The first-order chi connectivity index (χ1) is 9.45. The minimum Gasteiger partial charge on any atom is -0.476 e. The third kappa shape index (κ3) is 2.61. The lowest BCUT2D eigenvalue weighted by molar-refractivity contribution is 0.0687. The molecule has 2 aromatic rings. The molecule has 0 bridgehead atoms. The highest BCUT2D eigenvalue weighted by molar-refractivity contribution is 7.94. The first kappa shape index (κ1) is 14.0. The van der Waals surface area contributed by atoms with Crippen molar-refractivity contribution in [1.82, 2.24) is 4.98 Å². The second kappa shape index (κ2) is 5.28. The lowest BCUT2D eigenvalue weighted by Crippen LogP contribution is -2.16. The van der Waals surface area contributed by atoms with Crippen LogP contribution >= 0.6 is 11.3 Å². The number of rotatable bonds is 4. The molecule has 2 N–H and O–H groups in total. The van der Waals surface area contributed by atoms with Gasteiger partial charge in [0.25, 0.3) is 10.0 Å². The first-order valence-electron chi connectivity index (χ1n) is 5.14. The number of nitriles is 1. The fraction of sp³-hybridized carbons (Fsp3) is 0. The Hall–Kier alpha value is -2.44. The van der Waals surface area contributed by atoms with E-state index in [4.69, 9.17) is 10.4 Å². The largest absolute Gasteiger partial charge is 0.476 e. The minimum atomic E-state index is -4.10. The maximum Gasteiger partial charge on any atom is 0.356 e. The Kier molecular flexibility index (Phi) is 3.69. The number of carboxylic acid groups (broad SMARTS) is 1. The molecule has 2 rings (SSSR count). The number of sulfonamides is 1. The van der Waals surface area contributed by atoms with Crippen molar-refractivity contribution in [3.05, 3.63) is 41.0 Å². The summed E-state index contributed by atoms with van der Waals surface area (Å²) in [6.45, 7) is 0. The number of nitrogens with zero attached hydrogens (tertiary/aromatic N) is 2. The first-order valence-corrected chi connectivity index (χ1v) is 7.50. The Balaban J connectivity index is 2.45. The van der Waals surface area contributed by atoms with Gasteiger partial charge in [0.1, 0.15) is 6.07 Å². The van der Waals surface area contributed by atoms with E-state index in [2.05, 4.69) is 9.71 Å². The van der Waals surface area contributed by atoms with Gasteiger partial charge in [-0.05, 0) is 12.1 Å². The molecule has 0 saturated heterocycles. The van der Waals surface area contributed by atoms with Crippen molar-refractivity contribution >= 4 is 33.0 Å². The topological polar surface area (TPSA) is 120 Å². The summed E-state index contributed by atoms with van der Waals surface area (Å²) < 4.78 is 26.1. The normalized spacial score (nSPS) is 10.8. The molecule has 102 valence electrons. The third-order valence-electron chi connectivity index (χ3n) is 2.27. The van der Waals surface area contributed by atoms with Crippen molar-refractivity contribution in [2.45, 2.75) is 4.21 Å². The number of hydrogen-bond acceptors (Lipinski definition) is 6. The van der Waals surface area contributed by atoms with Crippen LogP contribution in [0, 0.1) is 11.3 Å². The highest BCUT2D eigenvalue weighted by Crippen LogP contribution is 2.24. The molecule has 0 aliphatic rings. The van der Waals surface area contributed by atoms with Gasteiger partial charge in [-0.1, -0.05) is 12.1 Å². The maximum atomic E-state index is 12.1. The minimum absolute atomic E-state index is 0.0831. The van der Waals surface area contributed by atoms with Gasteiger partial charge in [0.05, 0.1) is 16.8 Å². The molecule has 0 atom stereocenters. The highest BCUT2D eigenvalue weighted by Gasteiger charge is 2.26. The van der Waals surface area contributed by atoms with Gasteiger partial charge in [0.2, 0.25) is 0 Å². The molecular weight excluding hydrogens is 302 g/mol. The predicted octanol–water partition coefficient (Wildman–Crippen LogP) is 1.51. The molecule has 0 unspecified atom stereocenters. The van der Waals surface area contributed by atoms with E-state index in [1.54, 1.807) is 12.1 Å². The summed E-state index contributed by atoms with van der Waals surface area (Å²) >= 11 is 0.692.